The maximum absolute atomic E-state index is 12.6. The Morgan fingerprint density at radius 3 is 1.50 bits per heavy atom. The Morgan fingerprint density at radius 2 is 1.11 bits per heavy atom. The van der Waals surface area contributed by atoms with E-state index < -0.39 is 22.8 Å². The number of carbonyl (C=O) groups excluding carboxylic acids is 2. The van der Waals surface area contributed by atoms with Crippen molar-refractivity contribution in [3.63, 3.8) is 0 Å². The van der Waals surface area contributed by atoms with Gasteiger partial charge in [-0.3, -0.25) is 9.59 Å². The fourth-order valence-electron chi connectivity index (χ4n) is 3.51. The molecule has 4 rings (SSSR count). The molecular formula is C26H22O10. The van der Waals surface area contributed by atoms with Crippen molar-refractivity contribution in [2.45, 2.75) is 13.8 Å². The first-order chi connectivity index (χ1) is 17.4. The Hall–Kier alpha value is -4.60. The lowest BCUT2D eigenvalue weighted by atomic mass is 10.2. The van der Waals surface area contributed by atoms with Gasteiger partial charge in [-0.25, -0.2) is 9.59 Å². The van der Waals surface area contributed by atoms with Gasteiger partial charge in [0.25, 0.3) is 0 Å². The molecule has 0 unspecified atom stereocenters. The van der Waals surface area contributed by atoms with Crippen molar-refractivity contribution in [3.8, 4) is 11.5 Å². The molecule has 10 heteroatoms. The Kier molecular flexibility index (Phi) is 7.33. The van der Waals surface area contributed by atoms with Crippen LogP contribution in [0.1, 0.15) is 35.0 Å². The number of hydrogen-bond donors (Lipinski definition) is 0. The highest BCUT2D eigenvalue weighted by atomic mass is 16.6. The van der Waals surface area contributed by atoms with Crippen LogP contribution < -0.4 is 20.3 Å². The van der Waals surface area contributed by atoms with Crippen molar-refractivity contribution >= 4 is 33.9 Å². The summed E-state index contributed by atoms with van der Waals surface area (Å²) in [5.41, 5.74) is -0.569. The van der Waals surface area contributed by atoms with Crippen molar-refractivity contribution < 1.29 is 37.4 Å². The lowest BCUT2D eigenvalue weighted by molar-refractivity contribution is 0.0482. The van der Waals surface area contributed by atoms with Crippen LogP contribution in [-0.4, -0.2) is 38.4 Å². The average molecular weight is 494 g/mol. The van der Waals surface area contributed by atoms with Gasteiger partial charge in [-0.1, -0.05) is 12.1 Å². The average Bonchev–Trinajstić information content (AvgIpc) is 2.86. The zero-order valence-corrected chi connectivity index (χ0v) is 19.5. The van der Waals surface area contributed by atoms with Crippen LogP contribution in [0.4, 0.5) is 0 Å². The summed E-state index contributed by atoms with van der Waals surface area (Å²) in [6.07, 6.45) is 0. The predicted molar refractivity (Wildman–Crippen MR) is 128 cm³/mol. The predicted octanol–water partition coefficient (Wildman–Crippen LogP) is 3.71. The Bertz CT molecular complexity index is 1430. The molecule has 0 saturated heterocycles. The molecule has 0 atom stereocenters. The van der Waals surface area contributed by atoms with Crippen LogP contribution in [0.15, 0.2) is 67.0 Å². The molecule has 0 aliphatic carbocycles. The summed E-state index contributed by atoms with van der Waals surface area (Å²) in [6.45, 7) is 3.65. The molecular weight excluding hydrogens is 472 g/mol. The lowest BCUT2D eigenvalue weighted by Crippen LogP contribution is -2.14. The van der Waals surface area contributed by atoms with E-state index in [9.17, 15) is 19.2 Å². The highest BCUT2D eigenvalue weighted by Gasteiger charge is 2.17. The summed E-state index contributed by atoms with van der Waals surface area (Å²) >= 11 is 0. The molecule has 2 aromatic carbocycles. The van der Waals surface area contributed by atoms with Crippen molar-refractivity contribution in [1.29, 1.82) is 0 Å². The van der Waals surface area contributed by atoms with Gasteiger partial charge in [0, 0.05) is 12.1 Å². The van der Waals surface area contributed by atoms with Crippen LogP contribution in [0.5, 0.6) is 11.5 Å². The van der Waals surface area contributed by atoms with E-state index in [2.05, 4.69) is 0 Å². The molecule has 0 spiro atoms. The zero-order valence-electron chi connectivity index (χ0n) is 19.5. The van der Waals surface area contributed by atoms with Crippen molar-refractivity contribution in [3.05, 3.63) is 80.5 Å². The zero-order chi connectivity index (χ0) is 25.7. The smallest absolute Gasteiger partial charge is 0.374 e. The number of carbonyl (C=O) groups is 2. The second-order valence-electron chi connectivity index (χ2n) is 7.35. The van der Waals surface area contributed by atoms with E-state index in [-0.39, 0.29) is 71.4 Å². The summed E-state index contributed by atoms with van der Waals surface area (Å²) in [4.78, 5) is 49.1. The maximum atomic E-state index is 12.6. The first-order valence-electron chi connectivity index (χ1n) is 11.2. The normalized spacial score (nSPS) is 10.8. The van der Waals surface area contributed by atoms with Gasteiger partial charge >= 0.3 is 11.9 Å². The molecule has 10 nitrogen and oxygen atoms in total. The fraction of sp³-hybridized carbons (Fsp3) is 0.231. The minimum atomic E-state index is -0.731. The monoisotopic (exact) mass is 494 g/mol. The lowest BCUT2D eigenvalue weighted by Gasteiger charge is -2.11. The third kappa shape index (κ3) is 5.07. The van der Waals surface area contributed by atoms with Gasteiger partial charge in [0.1, 0.15) is 46.7 Å². The highest BCUT2D eigenvalue weighted by Crippen LogP contribution is 2.25. The highest BCUT2D eigenvalue weighted by molar-refractivity contribution is 5.91. The first kappa shape index (κ1) is 24.5. The number of benzene rings is 2. The summed E-state index contributed by atoms with van der Waals surface area (Å²) in [6, 6.07) is 11.6. The van der Waals surface area contributed by atoms with Crippen molar-refractivity contribution in [2.24, 2.45) is 0 Å². The van der Waals surface area contributed by atoms with Gasteiger partial charge < -0.3 is 27.8 Å². The summed E-state index contributed by atoms with van der Waals surface area (Å²) in [5.74, 6) is -1.37. The van der Waals surface area contributed by atoms with E-state index in [1.165, 1.54) is 0 Å². The Balaban J connectivity index is 1.50. The van der Waals surface area contributed by atoms with Gasteiger partial charge in [0.05, 0.1) is 13.2 Å². The van der Waals surface area contributed by atoms with Crippen LogP contribution >= 0.6 is 0 Å². The third-order valence-electron chi connectivity index (χ3n) is 4.98. The number of rotatable bonds is 9. The quantitative estimate of drug-likeness (QED) is 0.251. The topological polar surface area (TPSA) is 131 Å². The number of ether oxygens (including phenoxy) is 4. The van der Waals surface area contributed by atoms with E-state index in [1.807, 2.05) is 0 Å². The molecule has 0 saturated carbocycles. The molecule has 0 amide bonds. The molecule has 0 radical (unpaired) electrons. The number of fused-ring (bicyclic) bond motifs is 2. The van der Waals surface area contributed by atoms with E-state index in [4.69, 9.17) is 27.8 Å². The first-order valence-corrected chi connectivity index (χ1v) is 11.2. The summed E-state index contributed by atoms with van der Waals surface area (Å²) < 4.78 is 32.2. The van der Waals surface area contributed by atoms with Crippen molar-refractivity contribution in [2.75, 3.05) is 26.4 Å². The van der Waals surface area contributed by atoms with Crippen LogP contribution in [0.25, 0.3) is 21.9 Å². The van der Waals surface area contributed by atoms with Gasteiger partial charge in [-0.15, -0.1) is 0 Å². The van der Waals surface area contributed by atoms with Gasteiger partial charge in [0.2, 0.25) is 11.5 Å². The van der Waals surface area contributed by atoms with Crippen LogP contribution in [0, 0.1) is 0 Å². The molecule has 0 fully saturated rings. The largest absolute Gasteiger partial charge is 0.489 e. The Morgan fingerprint density at radius 1 is 0.694 bits per heavy atom. The molecule has 0 aliphatic rings. The standard InChI is InChI=1S/C26H22O10/c1-3-31-25(29)21-13-15(27)23-17(7-5-9-19(23)35-21)33-11-12-34-18-8-6-10-20-24(18)16(28)14-22(36-20)26(30)32-4-2/h5-10,13-14H,3-4,11-12H2,1-2H3. The van der Waals surface area contributed by atoms with Crippen LogP contribution in [-0.2, 0) is 9.47 Å². The SMILES string of the molecule is CCOC(=O)c1cc(=O)c2c(OCCOc3cccc4oc(C(=O)OCC)cc(=O)c34)cccc2o1. The van der Waals surface area contributed by atoms with Gasteiger partial charge in [-0.05, 0) is 38.1 Å². The van der Waals surface area contributed by atoms with Crippen molar-refractivity contribution in [1.82, 2.24) is 0 Å². The van der Waals surface area contributed by atoms with Crippen LogP contribution in [0.3, 0.4) is 0 Å². The fourth-order valence-corrected chi connectivity index (χ4v) is 3.51. The van der Waals surface area contributed by atoms with Gasteiger partial charge in [0.15, 0.2) is 10.9 Å². The van der Waals surface area contributed by atoms with Gasteiger partial charge in [-0.2, -0.15) is 0 Å². The second kappa shape index (κ2) is 10.8. The van der Waals surface area contributed by atoms with E-state index in [0.29, 0.717) is 0 Å². The second-order valence-corrected chi connectivity index (χ2v) is 7.35. The number of esters is 2. The minimum absolute atomic E-state index is 0.0286. The Labute approximate surface area is 203 Å². The molecule has 186 valence electrons. The molecule has 0 aliphatic heterocycles. The van der Waals surface area contributed by atoms with E-state index >= 15 is 0 Å². The number of hydrogen-bond acceptors (Lipinski definition) is 10. The summed E-state index contributed by atoms with van der Waals surface area (Å²) in [5, 5.41) is 0.339. The van der Waals surface area contributed by atoms with Crippen LogP contribution in [0.2, 0.25) is 0 Å². The maximum Gasteiger partial charge on any atom is 0.374 e. The minimum Gasteiger partial charge on any atom is -0.489 e. The molecule has 36 heavy (non-hydrogen) atoms. The molecule has 2 heterocycles. The molecule has 2 aromatic heterocycles. The third-order valence-corrected chi connectivity index (χ3v) is 4.98. The molecule has 0 N–H and O–H groups in total. The molecule has 4 aromatic rings. The van der Waals surface area contributed by atoms with E-state index in [0.717, 1.165) is 12.1 Å². The van der Waals surface area contributed by atoms with E-state index in [1.54, 1.807) is 50.2 Å². The summed E-state index contributed by atoms with van der Waals surface area (Å²) in [7, 11) is 0. The molecule has 0 bridgehead atoms.